The van der Waals surface area contributed by atoms with E-state index in [1.54, 1.807) is 16.8 Å². The van der Waals surface area contributed by atoms with E-state index in [0.717, 1.165) is 6.42 Å². The molecule has 1 N–H and O–H groups in total. The highest BCUT2D eigenvalue weighted by molar-refractivity contribution is 7.89. The first-order valence-electron chi connectivity index (χ1n) is 6.42. The molecule has 0 fully saturated rings. The normalized spacial score (nSPS) is 12.0. The summed E-state index contributed by atoms with van der Waals surface area (Å²) in [6.45, 7) is 8.64. The van der Waals surface area contributed by atoms with Crippen LogP contribution in [0.4, 0.5) is 0 Å². The third-order valence-corrected chi connectivity index (χ3v) is 4.74. The summed E-state index contributed by atoms with van der Waals surface area (Å²) in [5.74, 6) is 0. The van der Waals surface area contributed by atoms with E-state index in [2.05, 4.69) is 6.58 Å². The van der Waals surface area contributed by atoms with Crippen LogP contribution in [0.25, 0.3) is 0 Å². The van der Waals surface area contributed by atoms with Crippen molar-refractivity contribution in [1.29, 1.82) is 0 Å². The van der Waals surface area contributed by atoms with Crippen LogP contribution in [0, 0.1) is 0 Å². The second-order valence-electron chi connectivity index (χ2n) is 4.26. The van der Waals surface area contributed by atoms with E-state index in [1.807, 2.05) is 13.8 Å². The lowest BCUT2D eigenvalue weighted by Crippen LogP contribution is -2.31. The maximum atomic E-state index is 12.5. The summed E-state index contributed by atoms with van der Waals surface area (Å²) in [4.78, 5) is 0.230. The van der Waals surface area contributed by atoms with Crippen LogP contribution in [0.3, 0.4) is 0 Å². The van der Waals surface area contributed by atoms with Gasteiger partial charge in [0.05, 0.1) is 6.61 Å². The van der Waals surface area contributed by atoms with E-state index in [1.165, 1.54) is 10.4 Å². The van der Waals surface area contributed by atoms with Crippen molar-refractivity contribution in [2.45, 2.75) is 38.3 Å². The SMILES string of the molecule is C=CCN(CCC)S(=O)(=O)c1cc(CO)n(CC)c1. The molecule has 0 aliphatic carbocycles. The first-order valence-corrected chi connectivity index (χ1v) is 7.86. The molecule has 0 unspecified atom stereocenters. The van der Waals surface area contributed by atoms with E-state index in [-0.39, 0.29) is 11.5 Å². The van der Waals surface area contributed by atoms with E-state index in [4.69, 9.17) is 0 Å². The van der Waals surface area contributed by atoms with Gasteiger partial charge in [0, 0.05) is 31.5 Å². The molecule has 108 valence electrons. The highest BCUT2D eigenvalue weighted by Gasteiger charge is 2.24. The number of rotatable bonds is 8. The Bertz CT molecular complexity index is 498. The summed E-state index contributed by atoms with van der Waals surface area (Å²) in [5.41, 5.74) is 0.608. The van der Waals surface area contributed by atoms with Gasteiger partial charge in [0.2, 0.25) is 10.0 Å². The molecule has 1 rings (SSSR count). The second-order valence-corrected chi connectivity index (χ2v) is 6.20. The monoisotopic (exact) mass is 286 g/mol. The lowest BCUT2D eigenvalue weighted by molar-refractivity contribution is 0.271. The van der Waals surface area contributed by atoms with Gasteiger partial charge in [-0.05, 0) is 19.4 Å². The van der Waals surface area contributed by atoms with Crippen LogP contribution >= 0.6 is 0 Å². The molecule has 0 bridgehead atoms. The molecule has 1 heterocycles. The summed E-state index contributed by atoms with van der Waals surface area (Å²) in [6, 6.07) is 1.53. The van der Waals surface area contributed by atoms with Crippen molar-refractivity contribution < 1.29 is 13.5 Å². The molecule has 0 spiro atoms. The van der Waals surface area contributed by atoms with Gasteiger partial charge < -0.3 is 9.67 Å². The molecule has 0 atom stereocenters. The van der Waals surface area contributed by atoms with Crippen LogP contribution in [-0.2, 0) is 23.2 Å². The van der Waals surface area contributed by atoms with Crippen LogP contribution in [-0.4, -0.2) is 35.5 Å². The molecule has 0 aromatic carbocycles. The van der Waals surface area contributed by atoms with Gasteiger partial charge in [-0.3, -0.25) is 0 Å². The number of nitrogens with zero attached hydrogens (tertiary/aromatic N) is 2. The fraction of sp³-hybridized carbons (Fsp3) is 0.538. The third-order valence-electron chi connectivity index (χ3n) is 2.91. The first-order chi connectivity index (χ1) is 9.01. The van der Waals surface area contributed by atoms with Gasteiger partial charge in [0.25, 0.3) is 0 Å². The molecule has 19 heavy (non-hydrogen) atoms. The zero-order valence-electron chi connectivity index (χ0n) is 11.5. The summed E-state index contributed by atoms with van der Waals surface area (Å²) in [6.07, 6.45) is 3.90. The Balaban J connectivity index is 3.16. The minimum Gasteiger partial charge on any atom is -0.390 e. The Kier molecular flexibility index (Phi) is 5.78. The number of hydrogen-bond donors (Lipinski definition) is 1. The second kappa shape index (κ2) is 6.88. The van der Waals surface area contributed by atoms with Crippen LogP contribution < -0.4 is 0 Å². The van der Waals surface area contributed by atoms with Gasteiger partial charge in [-0.2, -0.15) is 4.31 Å². The Hall–Kier alpha value is -1.11. The number of aryl methyl sites for hydroxylation is 1. The molecule has 0 amide bonds. The zero-order chi connectivity index (χ0) is 14.5. The third kappa shape index (κ3) is 3.46. The molecule has 1 aromatic heterocycles. The van der Waals surface area contributed by atoms with Crippen LogP contribution in [0.2, 0.25) is 0 Å². The Morgan fingerprint density at radius 1 is 1.47 bits per heavy atom. The van der Waals surface area contributed by atoms with Crippen molar-refractivity contribution >= 4 is 10.0 Å². The number of aliphatic hydroxyl groups is 1. The van der Waals surface area contributed by atoms with Crippen LogP contribution in [0.1, 0.15) is 26.0 Å². The molecule has 0 saturated heterocycles. The Morgan fingerprint density at radius 3 is 2.58 bits per heavy atom. The lowest BCUT2D eigenvalue weighted by Gasteiger charge is -2.18. The number of aromatic nitrogens is 1. The molecular weight excluding hydrogens is 264 g/mol. The van der Waals surface area contributed by atoms with Crippen molar-refractivity contribution in [2.75, 3.05) is 13.1 Å². The van der Waals surface area contributed by atoms with Gasteiger partial charge in [-0.1, -0.05) is 13.0 Å². The van der Waals surface area contributed by atoms with Crippen molar-refractivity contribution in [3.63, 3.8) is 0 Å². The summed E-state index contributed by atoms with van der Waals surface area (Å²) in [5, 5.41) is 9.23. The van der Waals surface area contributed by atoms with Crippen molar-refractivity contribution in [1.82, 2.24) is 8.87 Å². The molecule has 0 saturated carbocycles. The molecule has 1 aromatic rings. The molecular formula is C13H22N2O3S. The highest BCUT2D eigenvalue weighted by Crippen LogP contribution is 2.19. The Morgan fingerprint density at radius 2 is 2.16 bits per heavy atom. The summed E-state index contributed by atoms with van der Waals surface area (Å²) in [7, 11) is -3.52. The number of hydrogen-bond acceptors (Lipinski definition) is 3. The fourth-order valence-electron chi connectivity index (χ4n) is 1.94. The molecule has 0 aliphatic heterocycles. The van der Waals surface area contributed by atoms with Crippen molar-refractivity contribution in [3.8, 4) is 0 Å². The Labute approximate surface area is 115 Å². The van der Waals surface area contributed by atoms with Gasteiger partial charge in [0.15, 0.2) is 0 Å². The largest absolute Gasteiger partial charge is 0.390 e. The van der Waals surface area contributed by atoms with Crippen LogP contribution in [0.5, 0.6) is 0 Å². The maximum absolute atomic E-state index is 12.5. The topological polar surface area (TPSA) is 62.5 Å². The minimum atomic E-state index is -3.52. The quantitative estimate of drug-likeness (QED) is 0.738. The van der Waals surface area contributed by atoms with Crippen LogP contribution in [0.15, 0.2) is 29.8 Å². The average Bonchev–Trinajstić information content (AvgIpc) is 2.82. The molecule has 0 radical (unpaired) electrons. The molecule has 5 nitrogen and oxygen atoms in total. The van der Waals surface area contributed by atoms with E-state index in [0.29, 0.717) is 25.3 Å². The van der Waals surface area contributed by atoms with Gasteiger partial charge >= 0.3 is 0 Å². The smallest absolute Gasteiger partial charge is 0.244 e. The summed E-state index contributed by atoms with van der Waals surface area (Å²) >= 11 is 0. The predicted molar refractivity (Wildman–Crippen MR) is 75.3 cm³/mol. The fourth-order valence-corrected chi connectivity index (χ4v) is 3.51. The lowest BCUT2D eigenvalue weighted by atomic mass is 10.4. The molecule has 6 heteroatoms. The zero-order valence-corrected chi connectivity index (χ0v) is 12.4. The van der Waals surface area contributed by atoms with Gasteiger partial charge in [-0.25, -0.2) is 8.42 Å². The maximum Gasteiger partial charge on any atom is 0.244 e. The molecule has 0 aliphatic rings. The van der Waals surface area contributed by atoms with Gasteiger partial charge in [0.1, 0.15) is 4.90 Å². The summed E-state index contributed by atoms with van der Waals surface area (Å²) < 4.78 is 28.1. The van der Waals surface area contributed by atoms with Crippen molar-refractivity contribution in [3.05, 3.63) is 30.6 Å². The number of aliphatic hydroxyl groups excluding tert-OH is 1. The van der Waals surface area contributed by atoms with E-state index >= 15 is 0 Å². The average molecular weight is 286 g/mol. The highest BCUT2D eigenvalue weighted by atomic mass is 32.2. The van der Waals surface area contributed by atoms with Gasteiger partial charge in [-0.15, -0.1) is 6.58 Å². The minimum absolute atomic E-state index is 0.168. The predicted octanol–water partition coefficient (Wildman–Crippen LogP) is 1.59. The first kappa shape index (κ1) is 15.9. The van der Waals surface area contributed by atoms with E-state index in [9.17, 15) is 13.5 Å². The van der Waals surface area contributed by atoms with Crippen molar-refractivity contribution in [2.24, 2.45) is 0 Å². The van der Waals surface area contributed by atoms with E-state index < -0.39 is 10.0 Å². The standard InChI is InChI=1S/C13H22N2O3S/c1-4-7-15(8-5-2)19(17,18)13-9-12(11-16)14(6-3)10-13/h4,9-10,16H,1,5-8,11H2,2-3H3. The number of sulfonamides is 1.